The minimum atomic E-state index is -0.831. The van der Waals surface area contributed by atoms with E-state index in [2.05, 4.69) is 0 Å². The van der Waals surface area contributed by atoms with Crippen LogP contribution in [0.25, 0.3) is 0 Å². The standard InChI is InChI=1S/C19H24N2O7/c1-2-27-16-4-3-13(11-15(16)21(25)26)18(22)20-8-5-12(6-9-20)17-14(19(23)24)7-10-28-17/h3-4,11-12,14,17H,2,5-10H2,1H3,(H,23,24)/t14?,17-/m0/s1. The molecule has 2 aliphatic heterocycles. The van der Waals surface area contributed by atoms with Gasteiger partial charge in [-0.3, -0.25) is 19.7 Å². The molecule has 2 saturated heterocycles. The predicted molar refractivity (Wildman–Crippen MR) is 98.4 cm³/mol. The van der Waals surface area contributed by atoms with Gasteiger partial charge >= 0.3 is 11.7 Å². The van der Waals surface area contributed by atoms with Crippen molar-refractivity contribution in [1.82, 2.24) is 4.90 Å². The van der Waals surface area contributed by atoms with Crippen LogP contribution in [0.2, 0.25) is 0 Å². The van der Waals surface area contributed by atoms with E-state index in [9.17, 15) is 24.8 Å². The van der Waals surface area contributed by atoms with Gasteiger partial charge in [-0.2, -0.15) is 0 Å². The second kappa shape index (κ2) is 8.55. The molecule has 2 heterocycles. The van der Waals surface area contributed by atoms with Crippen LogP contribution in [0.3, 0.4) is 0 Å². The lowest BCUT2D eigenvalue weighted by Gasteiger charge is -2.35. The second-order valence-electron chi connectivity index (χ2n) is 7.07. The third kappa shape index (κ3) is 4.09. The van der Waals surface area contributed by atoms with Crippen LogP contribution in [0, 0.1) is 22.0 Å². The minimum Gasteiger partial charge on any atom is -0.487 e. The number of nitrogens with zero attached hydrogens (tertiary/aromatic N) is 2. The van der Waals surface area contributed by atoms with Gasteiger partial charge in [0.25, 0.3) is 5.91 Å². The molecule has 2 fully saturated rings. The molecule has 2 atom stereocenters. The van der Waals surface area contributed by atoms with Crippen LogP contribution >= 0.6 is 0 Å². The van der Waals surface area contributed by atoms with Gasteiger partial charge in [-0.15, -0.1) is 0 Å². The fraction of sp³-hybridized carbons (Fsp3) is 0.579. The SMILES string of the molecule is CCOc1ccc(C(=O)N2CCC([C@@H]3OCCC3C(=O)O)CC2)cc1[N+](=O)[O-]. The van der Waals surface area contributed by atoms with E-state index in [-0.39, 0.29) is 34.9 Å². The maximum atomic E-state index is 12.8. The Morgan fingerprint density at radius 3 is 2.64 bits per heavy atom. The average Bonchev–Trinajstić information content (AvgIpc) is 3.18. The minimum absolute atomic E-state index is 0.0994. The number of nitro groups is 1. The highest BCUT2D eigenvalue weighted by Crippen LogP contribution is 2.34. The molecule has 0 saturated carbocycles. The van der Waals surface area contributed by atoms with Crippen LogP contribution in [0.15, 0.2) is 18.2 Å². The van der Waals surface area contributed by atoms with Crippen molar-refractivity contribution in [2.45, 2.75) is 32.3 Å². The molecule has 1 unspecified atom stereocenters. The van der Waals surface area contributed by atoms with Crippen LogP contribution < -0.4 is 4.74 Å². The van der Waals surface area contributed by atoms with Gasteiger partial charge in [0, 0.05) is 31.3 Å². The van der Waals surface area contributed by atoms with Gasteiger partial charge in [-0.05, 0) is 44.2 Å². The van der Waals surface area contributed by atoms with Gasteiger partial charge in [-0.25, -0.2) is 0 Å². The molecule has 1 amide bonds. The molecule has 0 aromatic heterocycles. The maximum Gasteiger partial charge on any atom is 0.311 e. The smallest absolute Gasteiger partial charge is 0.311 e. The molecule has 9 nitrogen and oxygen atoms in total. The Bertz CT molecular complexity index is 759. The quantitative estimate of drug-likeness (QED) is 0.583. The fourth-order valence-electron chi connectivity index (χ4n) is 4.02. The predicted octanol–water partition coefficient (Wildman–Crippen LogP) is 2.34. The van der Waals surface area contributed by atoms with E-state index in [4.69, 9.17) is 9.47 Å². The van der Waals surface area contributed by atoms with Gasteiger partial charge in [0.1, 0.15) is 0 Å². The van der Waals surface area contributed by atoms with Crippen molar-refractivity contribution >= 4 is 17.6 Å². The third-order valence-corrected chi connectivity index (χ3v) is 5.45. The molecule has 0 radical (unpaired) electrons. The molecule has 1 aromatic carbocycles. The first-order chi connectivity index (χ1) is 13.4. The summed E-state index contributed by atoms with van der Waals surface area (Å²) < 4.78 is 10.9. The van der Waals surface area contributed by atoms with Gasteiger partial charge in [-0.1, -0.05) is 0 Å². The summed E-state index contributed by atoms with van der Waals surface area (Å²) in [7, 11) is 0. The summed E-state index contributed by atoms with van der Waals surface area (Å²) in [6.07, 6.45) is 1.52. The average molecular weight is 392 g/mol. The first-order valence-electron chi connectivity index (χ1n) is 9.47. The summed E-state index contributed by atoms with van der Waals surface area (Å²) in [6.45, 7) is 3.42. The summed E-state index contributed by atoms with van der Waals surface area (Å²) in [5, 5.41) is 20.6. The van der Waals surface area contributed by atoms with Crippen molar-refractivity contribution in [2.24, 2.45) is 11.8 Å². The van der Waals surface area contributed by atoms with Crippen LogP contribution in [0.5, 0.6) is 5.75 Å². The van der Waals surface area contributed by atoms with Crippen LogP contribution in [0.4, 0.5) is 5.69 Å². The molecule has 0 aliphatic carbocycles. The zero-order valence-electron chi connectivity index (χ0n) is 15.7. The van der Waals surface area contributed by atoms with Gasteiger partial charge in [0.2, 0.25) is 0 Å². The number of carboxylic acid groups (broad SMARTS) is 1. The normalized spacial score (nSPS) is 22.8. The number of carbonyl (C=O) groups excluding carboxylic acids is 1. The third-order valence-electron chi connectivity index (χ3n) is 5.45. The molecular weight excluding hydrogens is 368 g/mol. The maximum absolute atomic E-state index is 12.8. The molecule has 1 aromatic rings. The lowest BCUT2D eigenvalue weighted by molar-refractivity contribution is -0.385. The van der Waals surface area contributed by atoms with Crippen molar-refractivity contribution in [3.05, 3.63) is 33.9 Å². The molecular formula is C19H24N2O7. The number of piperidine rings is 1. The van der Waals surface area contributed by atoms with Crippen LogP contribution in [0.1, 0.15) is 36.5 Å². The lowest BCUT2D eigenvalue weighted by atomic mass is 9.84. The van der Waals surface area contributed by atoms with Gasteiger partial charge < -0.3 is 19.5 Å². The topological polar surface area (TPSA) is 119 Å². The Morgan fingerprint density at radius 2 is 2.04 bits per heavy atom. The second-order valence-corrected chi connectivity index (χ2v) is 7.07. The Morgan fingerprint density at radius 1 is 1.32 bits per heavy atom. The Balaban J connectivity index is 1.66. The van der Waals surface area contributed by atoms with E-state index in [1.807, 2.05) is 0 Å². The van der Waals surface area contributed by atoms with Crippen molar-refractivity contribution in [3.8, 4) is 5.75 Å². The number of aliphatic carboxylic acids is 1. The summed E-state index contributed by atoms with van der Waals surface area (Å²) in [4.78, 5) is 36.5. The Kier molecular flexibility index (Phi) is 6.13. The summed E-state index contributed by atoms with van der Waals surface area (Å²) >= 11 is 0. The number of amides is 1. The fourth-order valence-corrected chi connectivity index (χ4v) is 4.02. The zero-order chi connectivity index (χ0) is 20.3. The Hall–Kier alpha value is -2.68. The molecule has 0 spiro atoms. The highest BCUT2D eigenvalue weighted by atomic mass is 16.6. The van der Waals surface area contributed by atoms with Crippen molar-refractivity contribution < 1.29 is 29.1 Å². The highest BCUT2D eigenvalue weighted by Gasteiger charge is 2.40. The highest BCUT2D eigenvalue weighted by molar-refractivity contribution is 5.95. The summed E-state index contributed by atoms with van der Waals surface area (Å²) in [5.74, 6) is -1.35. The number of ether oxygens (including phenoxy) is 2. The number of carboxylic acids is 1. The summed E-state index contributed by atoms with van der Waals surface area (Å²) in [6, 6.07) is 4.23. The zero-order valence-corrected chi connectivity index (χ0v) is 15.7. The number of carbonyl (C=O) groups is 2. The van der Waals surface area contributed by atoms with Gasteiger partial charge in [0.05, 0.1) is 23.6 Å². The number of hydrogen-bond acceptors (Lipinski definition) is 6. The number of hydrogen-bond donors (Lipinski definition) is 1. The van der Waals surface area contributed by atoms with Crippen LogP contribution in [-0.4, -0.2) is 59.2 Å². The van der Waals surface area contributed by atoms with E-state index in [1.165, 1.54) is 18.2 Å². The Labute approximate surface area is 162 Å². The molecule has 3 rings (SSSR count). The van der Waals surface area contributed by atoms with Crippen LogP contribution in [-0.2, 0) is 9.53 Å². The number of nitro benzene ring substituents is 1. The molecule has 152 valence electrons. The van der Waals surface area contributed by atoms with Crippen molar-refractivity contribution in [3.63, 3.8) is 0 Å². The number of benzene rings is 1. The molecule has 0 bridgehead atoms. The number of rotatable bonds is 6. The monoisotopic (exact) mass is 392 g/mol. The van der Waals surface area contributed by atoms with E-state index in [1.54, 1.807) is 11.8 Å². The lowest BCUT2D eigenvalue weighted by Crippen LogP contribution is -2.43. The molecule has 2 aliphatic rings. The molecule has 28 heavy (non-hydrogen) atoms. The first-order valence-corrected chi connectivity index (χ1v) is 9.47. The first kappa shape index (κ1) is 20.1. The summed E-state index contributed by atoms with van der Waals surface area (Å²) in [5.41, 5.74) is 0.0142. The van der Waals surface area contributed by atoms with Crippen molar-refractivity contribution in [1.29, 1.82) is 0 Å². The van der Waals surface area contributed by atoms with Gasteiger partial charge in [0.15, 0.2) is 5.75 Å². The van der Waals surface area contributed by atoms with E-state index >= 15 is 0 Å². The van der Waals surface area contributed by atoms with Crippen molar-refractivity contribution in [2.75, 3.05) is 26.3 Å². The largest absolute Gasteiger partial charge is 0.487 e. The molecule has 1 N–H and O–H groups in total. The molecule has 9 heteroatoms. The number of likely N-dealkylation sites (tertiary alicyclic amines) is 1. The van der Waals surface area contributed by atoms with E-state index < -0.39 is 16.8 Å². The van der Waals surface area contributed by atoms with E-state index in [0.717, 1.165) is 0 Å². The van der Waals surface area contributed by atoms with E-state index in [0.29, 0.717) is 45.6 Å².